The summed E-state index contributed by atoms with van der Waals surface area (Å²) in [5, 5.41) is 3.03. The molecule has 72 valence electrons. The van der Waals surface area contributed by atoms with E-state index in [1.54, 1.807) is 18.5 Å². The molecule has 0 amide bonds. The molecule has 1 atom stereocenters. The standard InChI is InChI=1S/C9H16N4/c1-2-3-5-8(10)13-9-11-6-4-7-12-9/h4,6-8H,2-3,5,10H2,1H3,(H,11,12,13). The van der Waals surface area contributed by atoms with Gasteiger partial charge in [-0.25, -0.2) is 9.97 Å². The van der Waals surface area contributed by atoms with Crippen LogP contribution in [-0.4, -0.2) is 16.1 Å². The third kappa shape index (κ3) is 3.85. The zero-order valence-corrected chi connectivity index (χ0v) is 7.90. The SMILES string of the molecule is CCCCC(N)Nc1ncccn1. The molecule has 4 nitrogen and oxygen atoms in total. The number of unbranched alkanes of at least 4 members (excludes halogenated alkanes) is 1. The predicted molar refractivity (Wildman–Crippen MR) is 53.2 cm³/mol. The maximum absolute atomic E-state index is 5.80. The van der Waals surface area contributed by atoms with Gasteiger partial charge < -0.3 is 11.1 Å². The van der Waals surface area contributed by atoms with Crippen LogP contribution in [0, 0.1) is 0 Å². The van der Waals surface area contributed by atoms with Crippen LogP contribution in [0.15, 0.2) is 18.5 Å². The zero-order chi connectivity index (χ0) is 9.52. The Bertz CT molecular complexity index is 224. The highest BCUT2D eigenvalue weighted by Crippen LogP contribution is 2.01. The zero-order valence-electron chi connectivity index (χ0n) is 7.90. The normalized spacial score (nSPS) is 12.5. The van der Waals surface area contributed by atoms with Crippen LogP contribution in [0.25, 0.3) is 0 Å². The first-order valence-corrected chi connectivity index (χ1v) is 4.62. The molecule has 1 rings (SSSR count). The van der Waals surface area contributed by atoms with Gasteiger partial charge in [-0.3, -0.25) is 0 Å². The van der Waals surface area contributed by atoms with Gasteiger partial charge in [-0.15, -0.1) is 0 Å². The summed E-state index contributed by atoms with van der Waals surface area (Å²) in [5.41, 5.74) is 5.80. The molecule has 0 spiro atoms. The molecule has 4 heteroatoms. The molecule has 0 saturated carbocycles. The Morgan fingerprint density at radius 1 is 1.46 bits per heavy atom. The summed E-state index contributed by atoms with van der Waals surface area (Å²) in [5.74, 6) is 0.603. The Balaban J connectivity index is 2.32. The van der Waals surface area contributed by atoms with E-state index in [9.17, 15) is 0 Å². The number of nitrogens with zero attached hydrogens (tertiary/aromatic N) is 2. The highest BCUT2D eigenvalue weighted by Gasteiger charge is 2.01. The maximum Gasteiger partial charge on any atom is 0.223 e. The number of rotatable bonds is 5. The molecule has 0 saturated heterocycles. The average Bonchev–Trinajstić information content (AvgIpc) is 2.16. The summed E-state index contributed by atoms with van der Waals surface area (Å²) >= 11 is 0. The Hall–Kier alpha value is -1.16. The van der Waals surface area contributed by atoms with Gasteiger partial charge in [0.05, 0.1) is 6.17 Å². The number of nitrogens with two attached hydrogens (primary N) is 1. The molecule has 0 aromatic carbocycles. The first-order valence-electron chi connectivity index (χ1n) is 4.62. The number of nitrogens with one attached hydrogen (secondary N) is 1. The van der Waals surface area contributed by atoms with Crippen molar-refractivity contribution in [3.05, 3.63) is 18.5 Å². The second-order valence-corrected chi connectivity index (χ2v) is 2.97. The fourth-order valence-corrected chi connectivity index (χ4v) is 1.04. The van der Waals surface area contributed by atoms with Crippen LogP contribution >= 0.6 is 0 Å². The summed E-state index contributed by atoms with van der Waals surface area (Å²) in [6.07, 6.45) is 6.59. The average molecular weight is 180 g/mol. The molecular formula is C9H16N4. The van der Waals surface area contributed by atoms with Gasteiger partial charge in [0.15, 0.2) is 0 Å². The lowest BCUT2D eigenvalue weighted by atomic mass is 10.2. The molecule has 0 bridgehead atoms. The lowest BCUT2D eigenvalue weighted by molar-refractivity contribution is 0.621. The lowest BCUT2D eigenvalue weighted by Gasteiger charge is -2.12. The molecule has 1 unspecified atom stereocenters. The predicted octanol–water partition coefficient (Wildman–Crippen LogP) is 1.36. The third-order valence-electron chi connectivity index (χ3n) is 1.75. The van der Waals surface area contributed by atoms with Crippen LogP contribution in [0.3, 0.4) is 0 Å². The van der Waals surface area contributed by atoms with E-state index >= 15 is 0 Å². The van der Waals surface area contributed by atoms with Gasteiger partial charge in [0.1, 0.15) is 0 Å². The van der Waals surface area contributed by atoms with Crippen LogP contribution in [0.4, 0.5) is 5.95 Å². The van der Waals surface area contributed by atoms with Crippen LogP contribution < -0.4 is 11.1 Å². The van der Waals surface area contributed by atoms with E-state index in [0.29, 0.717) is 5.95 Å². The molecule has 0 aliphatic carbocycles. The molecule has 0 aliphatic heterocycles. The van der Waals surface area contributed by atoms with Crippen molar-refractivity contribution < 1.29 is 0 Å². The van der Waals surface area contributed by atoms with Crippen molar-refractivity contribution in [2.75, 3.05) is 5.32 Å². The van der Waals surface area contributed by atoms with E-state index in [1.807, 2.05) is 0 Å². The van der Waals surface area contributed by atoms with Crippen molar-refractivity contribution in [2.45, 2.75) is 32.4 Å². The largest absolute Gasteiger partial charge is 0.339 e. The van der Waals surface area contributed by atoms with E-state index in [1.165, 1.54) is 0 Å². The first kappa shape index (κ1) is 9.92. The molecule has 1 aromatic heterocycles. The monoisotopic (exact) mass is 180 g/mol. The number of aromatic nitrogens is 2. The molecule has 1 heterocycles. The van der Waals surface area contributed by atoms with E-state index in [2.05, 4.69) is 22.2 Å². The minimum Gasteiger partial charge on any atom is -0.339 e. The maximum atomic E-state index is 5.80. The van der Waals surface area contributed by atoms with Crippen LogP contribution in [-0.2, 0) is 0 Å². The summed E-state index contributed by atoms with van der Waals surface area (Å²) in [7, 11) is 0. The van der Waals surface area contributed by atoms with Crippen molar-refractivity contribution >= 4 is 5.95 Å². The fraction of sp³-hybridized carbons (Fsp3) is 0.556. The third-order valence-corrected chi connectivity index (χ3v) is 1.75. The number of hydrogen-bond donors (Lipinski definition) is 2. The van der Waals surface area contributed by atoms with Crippen LogP contribution in [0.5, 0.6) is 0 Å². The Morgan fingerprint density at radius 2 is 2.15 bits per heavy atom. The lowest BCUT2D eigenvalue weighted by Crippen LogP contribution is -2.30. The fourth-order valence-electron chi connectivity index (χ4n) is 1.04. The molecule has 1 aromatic rings. The first-order chi connectivity index (χ1) is 6.33. The summed E-state index contributed by atoms with van der Waals surface area (Å²) in [6.45, 7) is 2.14. The van der Waals surface area contributed by atoms with E-state index in [-0.39, 0.29) is 6.17 Å². The topological polar surface area (TPSA) is 63.8 Å². The number of hydrogen-bond acceptors (Lipinski definition) is 4. The smallest absolute Gasteiger partial charge is 0.223 e. The minimum atomic E-state index is -0.0395. The van der Waals surface area contributed by atoms with Gasteiger partial charge in [0, 0.05) is 12.4 Å². The van der Waals surface area contributed by atoms with Crippen molar-refractivity contribution in [3.8, 4) is 0 Å². The van der Waals surface area contributed by atoms with Crippen molar-refractivity contribution in [1.82, 2.24) is 9.97 Å². The van der Waals surface area contributed by atoms with Gasteiger partial charge in [-0.1, -0.05) is 19.8 Å². The van der Waals surface area contributed by atoms with E-state index in [4.69, 9.17) is 5.73 Å². The summed E-state index contributed by atoms with van der Waals surface area (Å²) in [6, 6.07) is 1.78. The van der Waals surface area contributed by atoms with Gasteiger partial charge in [-0.05, 0) is 12.5 Å². The molecule has 0 fully saturated rings. The second-order valence-electron chi connectivity index (χ2n) is 2.97. The quantitative estimate of drug-likeness (QED) is 0.672. The van der Waals surface area contributed by atoms with E-state index in [0.717, 1.165) is 19.3 Å². The van der Waals surface area contributed by atoms with Crippen LogP contribution in [0.1, 0.15) is 26.2 Å². The highest BCUT2D eigenvalue weighted by atomic mass is 15.1. The minimum absolute atomic E-state index is 0.0395. The molecule has 13 heavy (non-hydrogen) atoms. The van der Waals surface area contributed by atoms with Crippen molar-refractivity contribution in [2.24, 2.45) is 5.73 Å². The van der Waals surface area contributed by atoms with Crippen molar-refractivity contribution in [3.63, 3.8) is 0 Å². The molecule has 0 aliphatic rings. The van der Waals surface area contributed by atoms with Crippen molar-refractivity contribution in [1.29, 1.82) is 0 Å². The summed E-state index contributed by atoms with van der Waals surface area (Å²) < 4.78 is 0. The van der Waals surface area contributed by atoms with Crippen LogP contribution in [0.2, 0.25) is 0 Å². The molecule has 3 N–H and O–H groups in total. The highest BCUT2D eigenvalue weighted by molar-refractivity contribution is 5.23. The summed E-state index contributed by atoms with van der Waals surface area (Å²) in [4.78, 5) is 8.05. The number of anilines is 1. The Morgan fingerprint density at radius 3 is 2.77 bits per heavy atom. The molecule has 0 radical (unpaired) electrons. The molecular weight excluding hydrogens is 164 g/mol. The Labute approximate surface area is 78.6 Å². The van der Waals surface area contributed by atoms with Gasteiger partial charge >= 0.3 is 0 Å². The van der Waals surface area contributed by atoms with Gasteiger partial charge in [0.2, 0.25) is 5.95 Å². The van der Waals surface area contributed by atoms with Gasteiger partial charge in [0.25, 0.3) is 0 Å². The van der Waals surface area contributed by atoms with Gasteiger partial charge in [-0.2, -0.15) is 0 Å². The Kier molecular flexibility index (Phi) is 4.18. The second kappa shape index (κ2) is 5.48. The van der Waals surface area contributed by atoms with E-state index < -0.39 is 0 Å².